The summed E-state index contributed by atoms with van der Waals surface area (Å²) >= 11 is 6.68. The number of nitrogens with zero attached hydrogens (tertiary/aromatic N) is 1. The maximum absolute atomic E-state index is 13.1. The van der Waals surface area contributed by atoms with Crippen LogP contribution >= 0.6 is 24.0 Å². The average molecular weight is 521 g/mol. The molecule has 2 heterocycles. The number of methoxy groups -OCH3 is 1. The summed E-state index contributed by atoms with van der Waals surface area (Å²) in [4.78, 5) is 27.3. The fourth-order valence-corrected chi connectivity index (χ4v) is 4.92. The van der Waals surface area contributed by atoms with E-state index in [1.165, 1.54) is 23.8 Å². The Balaban J connectivity index is 1.28. The third-order valence-electron chi connectivity index (χ3n) is 5.31. The predicted octanol–water partition coefficient (Wildman–Crippen LogP) is 4.85. The summed E-state index contributed by atoms with van der Waals surface area (Å²) in [5, 5.41) is 2.76. The SMILES string of the molecule is COc1cc(C=C2SC(=S)N(c3ccc4c(c3)OCO4)C2=O)ccc1OCC(=O)Nc1ccccc1. The van der Waals surface area contributed by atoms with Gasteiger partial charge in [-0.25, -0.2) is 0 Å². The van der Waals surface area contributed by atoms with Gasteiger partial charge in [0.2, 0.25) is 6.79 Å². The number of thiocarbonyl (C=S) groups is 1. The van der Waals surface area contributed by atoms with Gasteiger partial charge in [-0.15, -0.1) is 0 Å². The molecule has 1 fully saturated rings. The van der Waals surface area contributed by atoms with E-state index in [9.17, 15) is 9.59 Å². The van der Waals surface area contributed by atoms with Crippen molar-refractivity contribution in [2.24, 2.45) is 0 Å². The first-order valence-electron chi connectivity index (χ1n) is 10.8. The predicted molar refractivity (Wildman–Crippen MR) is 142 cm³/mol. The van der Waals surface area contributed by atoms with E-state index in [1.807, 2.05) is 18.2 Å². The molecule has 0 aliphatic carbocycles. The third-order valence-corrected chi connectivity index (χ3v) is 6.61. The second-order valence-corrected chi connectivity index (χ2v) is 9.34. The van der Waals surface area contributed by atoms with Crippen molar-refractivity contribution in [1.82, 2.24) is 0 Å². The molecule has 1 saturated heterocycles. The minimum Gasteiger partial charge on any atom is -0.493 e. The fourth-order valence-electron chi connectivity index (χ4n) is 3.62. The zero-order valence-electron chi connectivity index (χ0n) is 19.1. The molecule has 0 unspecified atom stereocenters. The molecule has 3 aromatic carbocycles. The van der Waals surface area contributed by atoms with Crippen LogP contribution in [-0.2, 0) is 9.59 Å². The van der Waals surface area contributed by atoms with Crippen LogP contribution in [0.4, 0.5) is 11.4 Å². The maximum atomic E-state index is 13.1. The smallest absolute Gasteiger partial charge is 0.270 e. The third kappa shape index (κ3) is 5.00. The van der Waals surface area contributed by atoms with Crippen molar-refractivity contribution in [1.29, 1.82) is 0 Å². The average Bonchev–Trinajstić information content (AvgIpc) is 3.46. The van der Waals surface area contributed by atoms with Gasteiger partial charge in [-0.2, -0.15) is 0 Å². The van der Waals surface area contributed by atoms with Crippen LogP contribution in [-0.4, -0.2) is 36.6 Å². The highest BCUT2D eigenvalue weighted by atomic mass is 32.2. The molecular formula is C26H20N2O6S2. The van der Waals surface area contributed by atoms with Crippen molar-refractivity contribution < 1.29 is 28.5 Å². The summed E-state index contributed by atoms with van der Waals surface area (Å²) in [5.41, 5.74) is 2.02. The lowest BCUT2D eigenvalue weighted by Gasteiger charge is -2.14. The molecule has 0 spiro atoms. The topological polar surface area (TPSA) is 86.3 Å². The van der Waals surface area contributed by atoms with E-state index in [1.54, 1.807) is 54.6 Å². The van der Waals surface area contributed by atoms with Gasteiger partial charge in [-0.3, -0.25) is 14.5 Å². The summed E-state index contributed by atoms with van der Waals surface area (Å²) in [5.74, 6) is 1.52. The Hall–Kier alpha value is -4.02. The van der Waals surface area contributed by atoms with Gasteiger partial charge in [0.05, 0.1) is 17.7 Å². The highest BCUT2D eigenvalue weighted by molar-refractivity contribution is 8.27. The normalized spacial score (nSPS) is 15.4. The Morgan fingerprint density at radius 2 is 1.89 bits per heavy atom. The van der Waals surface area contributed by atoms with Crippen molar-refractivity contribution in [3.8, 4) is 23.0 Å². The molecule has 0 saturated carbocycles. The Morgan fingerprint density at radius 3 is 2.69 bits per heavy atom. The Labute approximate surface area is 216 Å². The second kappa shape index (κ2) is 10.3. The van der Waals surface area contributed by atoms with Crippen LogP contribution in [0.3, 0.4) is 0 Å². The number of nitrogens with one attached hydrogen (secondary N) is 1. The molecule has 5 rings (SSSR count). The molecule has 10 heteroatoms. The Morgan fingerprint density at radius 1 is 1.08 bits per heavy atom. The second-order valence-electron chi connectivity index (χ2n) is 7.67. The zero-order valence-corrected chi connectivity index (χ0v) is 20.7. The summed E-state index contributed by atoms with van der Waals surface area (Å²) < 4.78 is 22.3. The molecule has 36 heavy (non-hydrogen) atoms. The zero-order chi connectivity index (χ0) is 25.1. The van der Waals surface area contributed by atoms with Gasteiger partial charge in [-0.05, 0) is 48.0 Å². The van der Waals surface area contributed by atoms with Crippen molar-refractivity contribution in [3.63, 3.8) is 0 Å². The summed E-state index contributed by atoms with van der Waals surface area (Å²) in [6.07, 6.45) is 1.74. The van der Waals surface area contributed by atoms with E-state index in [-0.39, 0.29) is 25.2 Å². The quantitative estimate of drug-likeness (QED) is 0.350. The van der Waals surface area contributed by atoms with Gasteiger partial charge in [0.25, 0.3) is 11.8 Å². The molecule has 2 aliphatic rings. The van der Waals surface area contributed by atoms with E-state index in [0.29, 0.717) is 43.6 Å². The van der Waals surface area contributed by atoms with E-state index in [2.05, 4.69) is 5.32 Å². The van der Waals surface area contributed by atoms with Crippen LogP contribution in [0.25, 0.3) is 6.08 Å². The number of carbonyl (C=O) groups excluding carboxylic acids is 2. The standard InChI is InChI=1S/C26H20N2O6S2/c1-31-21-11-16(7-9-19(21)32-14-24(29)27-17-5-3-2-4-6-17)12-23-25(30)28(26(35)36-23)18-8-10-20-22(13-18)34-15-33-20/h2-13H,14-15H2,1H3,(H,27,29). The molecular weight excluding hydrogens is 500 g/mol. The van der Waals surface area contributed by atoms with Gasteiger partial charge in [0.15, 0.2) is 33.9 Å². The van der Waals surface area contributed by atoms with Crippen LogP contribution in [0, 0.1) is 0 Å². The number of hydrogen-bond acceptors (Lipinski definition) is 8. The lowest BCUT2D eigenvalue weighted by atomic mass is 10.1. The molecule has 3 aromatic rings. The number of fused-ring (bicyclic) bond motifs is 1. The molecule has 0 atom stereocenters. The van der Waals surface area contributed by atoms with Gasteiger partial charge in [-0.1, -0.05) is 48.2 Å². The van der Waals surface area contributed by atoms with Gasteiger partial charge in [0.1, 0.15) is 0 Å². The molecule has 182 valence electrons. The first kappa shape index (κ1) is 23.7. The van der Waals surface area contributed by atoms with Crippen molar-refractivity contribution >= 4 is 57.6 Å². The summed E-state index contributed by atoms with van der Waals surface area (Å²) in [7, 11) is 1.51. The number of amides is 2. The maximum Gasteiger partial charge on any atom is 0.270 e. The van der Waals surface area contributed by atoms with Gasteiger partial charge >= 0.3 is 0 Å². The lowest BCUT2D eigenvalue weighted by molar-refractivity contribution is -0.118. The van der Waals surface area contributed by atoms with Crippen molar-refractivity contribution in [3.05, 3.63) is 77.2 Å². The summed E-state index contributed by atoms with van der Waals surface area (Å²) in [6, 6.07) is 19.6. The number of hydrogen-bond donors (Lipinski definition) is 1. The van der Waals surface area contributed by atoms with E-state index in [0.717, 1.165) is 5.56 Å². The number of para-hydroxylation sites is 1. The fraction of sp³-hybridized carbons (Fsp3) is 0.115. The molecule has 0 radical (unpaired) electrons. The number of ether oxygens (including phenoxy) is 4. The van der Waals surface area contributed by atoms with Crippen LogP contribution in [0.1, 0.15) is 5.56 Å². The Kier molecular flexibility index (Phi) is 6.79. The molecule has 2 amide bonds. The monoisotopic (exact) mass is 520 g/mol. The molecule has 2 aliphatic heterocycles. The number of thioether (sulfide) groups is 1. The molecule has 0 bridgehead atoms. The highest BCUT2D eigenvalue weighted by Crippen LogP contribution is 2.41. The summed E-state index contributed by atoms with van der Waals surface area (Å²) in [6.45, 7) is -0.0326. The minimum atomic E-state index is -0.292. The van der Waals surface area contributed by atoms with E-state index in [4.69, 9.17) is 31.2 Å². The van der Waals surface area contributed by atoms with E-state index < -0.39 is 0 Å². The Bertz CT molecular complexity index is 1380. The van der Waals surface area contributed by atoms with Crippen LogP contribution < -0.4 is 29.2 Å². The number of rotatable bonds is 7. The van der Waals surface area contributed by atoms with Crippen LogP contribution in [0.5, 0.6) is 23.0 Å². The lowest BCUT2D eigenvalue weighted by Crippen LogP contribution is -2.27. The van der Waals surface area contributed by atoms with Gasteiger partial charge < -0.3 is 24.3 Å². The van der Waals surface area contributed by atoms with Crippen LogP contribution in [0.2, 0.25) is 0 Å². The highest BCUT2D eigenvalue weighted by Gasteiger charge is 2.34. The van der Waals surface area contributed by atoms with Gasteiger partial charge in [0, 0.05) is 11.8 Å². The van der Waals surface area contributed by atoms with Crippen LogP contribution in [0.15, 0.2) is 71.6 Å². The largest absolute Gasteiger partial charge is 0.493 e. The molecule has 0 aromatic heterocycles. The van der Waals surface area contributed by atoms with Crippen molar-refractivity contribution in [2.45, 2.75) is 0 Å². The first-order chi connectivity index (χ1) is 17.5. The first-order valence-corrected chi connectivity index (χ1v) is 12.1. The molecule has 8 nitrogen and oxygen atoms in total. The number of anilines is 2. The molecule has 1 N–H and O–H groups in total. The number of benzene rings is 3. The number of carbonyl (C=O) groups is 2. The van der Waals surface area contributed by atoms with E-state index >= 15 is 0 Å². The van der Waals surface area contributed by atoms with Crippen molar-refractivity contribution in [2.75, 3.05) is 30.7 Å². The minimum absolute atomic E-state index is 0.149.